The lowest BCUT2D eigenvalue weighted by atomic mass is 10.00. The molecule has 1 aromatic heterocycles. The predicted octanol–water partition coefficient (Wildman–Crippen LogP) is 5.12. The van der Waals surface area contributed by atoms with Crippen LogP contribution in [0.2, 0.25) is 0 Å². The molecule has 1 heterocycles. The number of rotatable bonds is 2. The summed E-state index contributed by atoms with van der Waals surface area (Å²) in [6.07, 6.45) is 0. The van der Waals surface area contributed by atoms with Crippen LogP contribution < -0.4 is 0 Å². The van der Waals surface area contributed by atoms with Gasteiger partial charge in [0.15, 0.2) is 5.78 Å². The molecule has 0 radical (unpaired) electrons. The Balaban J connectivity index is 2.47. The molecule has 0 amide bonds. The van der Waals surface area contributed by atoms with E-state index in [4.69, 9.17) is 0 Å². The van der Waals surface area contributed by atoms with Crippen molar-refractivity contribution in [1.29, 1.82) is 0 Å². The highest BCUT2D eigenvalue weighted by atomic mass is 79.9. The predicted molar refractivity (Wildman–Crippen MR) is 79.1 cm³/mol. The van der Waals surface area contributed by atoms with Crippen LogP contribution in [0.1, 0.15) is 26.4 Å². The number of ketones is 1. The van der Waals surface area contributed by atoms with Gasteiger partial charge in [-0.2, -0.15) is 0 Å². The van der Waals surface area contributed by atoms with Crippen molar-refractivity contribution in [3.63, 3.8) is 0 Å². The SMILES string of the molecule is Cc1cc(Br)ccc1C(=O)c1cc(Br)sc1C. The topological polar surface area (TPSA) is 17.1 Å². The Labute approximate surface area is 121 Å². The average Bonchev–Trinajstić information content (AvgIpc) is 2.57. The minimum Gasteiger partial charge on any atom is -0.289 e. The molecule has 2 rings (SSSR count). The first-order valence-corrected chi connectivity index (χ1v) is 7.46. The largest absolute Gasteiger partial charge is 0.289 e. The number of benzene rings is 1. The molecule has 0 spiro atoms. The molecule has 17 heavy (non-hydrogen) atoms. The Morgan fingerprint density at radius 3 is 2.35 bits per heavy atom. The molecular formula is C13H10Br2OS. The van der Waals surface area contributed by atoms with Crippen molar-refractivity contribution >= 4 is 49.0 Å². The fraction of sp³-hybridized carbons (Fsp3) is 0.154. The summed E-state index contributed by atoms with van der Waals surface area (Å²) >= 11 is 8.40. The van der Waals surface area contributed by atoms with Gasteiger partial charge >= 0.3 is 0 Å². The van der Waals surface area contributed by atoms with Gasteiger partial charge in [-0.15, -0.1) is 11.3 Å². The molecule has 4 heteroatoms. The number of thiophene rings is 1. The molecule has 2 aromatic rings. The van der Waals surface area contributed by atoms with Gasteiger partial charge in [-0.25, -0.2) is 0 Å². The minimum atomic E-state index is 0.0921. The second kappa shape index (κ2) is 5.04. The molecule has 1 aromatic carbocycles. The number of hydrogen-bond donors (Lipinski definition) is 0. The van der Waals surface area contributed by atoms with Gasteiger partial charge in [0.2, 0.25) is 0 Å². The zero-order valence-electron chi connectivity index (χ0n) is 9.38. The molecule has 0 aliphatic heterocycles. The van der Waals surface area contributed by atoms with Crippen LogP contribution in [0.25, 0.3) is 0 Å². The van der Waals surface area contributed by atoms with Crippen molar-refractivity contribution in [3.05, 3.63) is 54.1 Å². The number of carbonyl (C=O) groups is 1. The van der Waals surface area contributed by atoms with Crippen molar-refractivity contribution < 1.29 is 4.79 Å². The summed E-state index contributed by atoms with van der Waals surface area (Å²) in [4.78, 5) is 13.4. The Morgan fingerprint density at radius 2 is 1.82 bits per heavy atom. The van der Waals surface area contributed by atoms with E-state index < -0.39 is 0 Å². The van der Waals surface area contributed by atoms with E-state index in [0.29, 0.717) is 0 Å². The maximum atomic E-state index is 12.4. The third-order valence-corrected chi connectivity index (χ3v) is 4.61. The summed E-state index contributed by atoms with van der Waals surface area (Å²) in [5, 5.41) is 0. The summed E-state index contributed by atoms with van der Waals surface area (Å²) in [5.41, 5.74) is 2.54. The molecule has 0 aliphatic rings. The van der Waals surface area contributed by atoms with Gasteiger partial charge in [-0.05, 0) is 59.6 Å². The van der Waals surface area contributed by atoms with Gasteiger partial charge in [0, 0.05) is 20.5 Å². The lowest BCUT2D eigenvalue weighted by molar-refractivity contribution is 0.103. The van der Waals surface area contributed by atoms with Gasteiger partial charge in [0.25, 0.3) is 0 Å². The van der Waals surface area contributed by atoms with Gasteiger partial charge in [-0.3, -0.25) is 4.79 Å². The Bertz CT molecular complexity index is 587. The van der Waals surface area contributed by atoms with Crippen molar-refractivity contribution in [1.82, 2.24) is 0 Å². The Hall–Kier alpha value is -0.450. The lowest BCUT2D eigenvalue weighted by Gasteiger charge is -2.05. The van der Waals surface area contributed by atoms with Crippen molar-refractivity contribution in [3.8, 4) is 0 Å². The highest BCUT2D eigenvalue weighted by Gasteiger charge is 2.16. The van der Waals surface area contributed by atoms with Gasteiger partial charge in [-0.1, -0.05) is 15.9 Å². The van der Waals surface area contributed by atoms with E-state index in [1.54, 1.807) is 11.3 Å². The molecule has 0 aliphatic carbocycles. The molecule has 0 saturated heterocycles. The third-order valence-electron chi connectivity index (χ3n) is 2.57. The Morgan fingerprint density at radius 1 is 1.12 bits per heavy atom. The summed E-state index contributed by atoms with van der Waals surface area (Å²) in [6.45, 7) is 3.92. The number of hydrogen-bond acceptors (Lipinski definition) is 2. The van der Waals surface area contributed by atoms with Crippen molar-refractivity contribution in [2.75, 3.05) is 0 Å². The van der Waals surface area contributed by atoms with E-state index >= 15 is 0 Å². The molecule has 88 valence electrons. The Kier molecular flexibility index (Phi) is 3.85. The zero-order valence-corrected chi connectivity index (χ0v) is 13.4. The van der Waals surface area contributed by atoms with E-state index in [9.17, 15) is 4.79 Å². The quantitative estimate of drug-likeness (QED) is 0.667. The molecule has 0 atom stereocenters. The fourth-order valence-electron chi connectivity index (χ4n) is 1.70. The van der Waals surface area contributed by atoms with E-state index in [1.807, 2.05) is 38.1 Å². The minimum absolute atomic E-state index is 0.0921. The summed E-state index contributed by atoms with van der Waals surface area (Å²) in [5.74, 6) is 0.0921. The van der Waals surface area contributed by atoms with Crippen LogP contribution in [0.3, 0.4) is 0 Å². The monoisotopic (exact) mass is 372 g/mol. The smallest absolute Gasteiger partial charge is 0.194 e. The van der Waals surface area contributed by atoms with Crippen LogP contribution in [0.15, 0.2) is 32.5 Å². The molecule has 1 nitrogen and oxygen atoms in total. The van der Waals surface area contributed by atoms with E-state index in [0.717, 1.165) is 29.8 Å². The standard InChI is InChI=1S/C13H10Br2OS/c1-7-5-9(14)3-4-10(7)13(16)11-6-12(15)17-8(11)2/h3-6H,1-2H3. The molecule has 0 unspecified atom stereocenters. The van der Waals surface area contributed by atoms with Gasteiger partial charge in [0.05, 0.1) is 3.79 Å². The molecular weight excluding hydrogens is 364 g/mol. The molecule has 0 fully saturated rings. The number of aryl methyl sites for hydroxylation is 2. The van der Waals surface area contributed by atoms with Crippen LogP contribution in [0.4, 0.5) is 0 Å². The van der Waals surface area contributed by atoms with Crippen molar-refractivity contribution in [2.45, 2.75) is 13.8 Å². The molecule has 0 bridgehead atoms. The number of halogens is 2. The van der Waals surface area contributed by atoms with E-state index in [2.05, 4.69) is 31.9 Å². The summed E-state index contributed by atoms with van der Waals surface area (Å²) in [7, 11) is 0. The second-order valence-electron chi connectivity index (χ2n) is 3.81. The van der Waals surface area contributed by atoms with Crippen LogP contribution >= 0.6 is 43.2 Å². The first kappa shape index (κ1) is 13.0. The van der Waals surface area contributed by atoms with Crippen LogP contribution in [0.5, 0.6) is 0 Å². The first-order valence-electron chi connectivity index (χ1n) is 5.06. The fourth-order valence-corrected chi connectivity index (χ4v) is 3.86. The summed E-state index contributed by atoms with van der Waals surface area (Å²) < 4.78 is 1.99. The van der Waals surface area contributed by atoms with Crippen LogP contribution in [-0.2, 0) is 0 Å². The average molecular weight is 374 g/mol. The van der Waals surface area contributed by atoms with Crippen molar-refractivity contribution in [2.24, 2.45) is 0 Å². The maximum absolute atomic E-state index is 12.4. The van der Waals surface area contributed by atoms with E-state index in [-0.39, 0.29) is 5.78 Å². The third kappa shape index (κ3) is 2.69. The van der Waals surface area contributed by atoms with E-state index in [1.165, 1.54) is 0 Å². The highest BCUT2D eigenvalue weighted by Crippen LogP contribution is 2.29. The second-order valence-corrected chi connectivity index (χ2v) is 7.36. The summed E-state index contributed by atoms with van der Waals surface area (Å²) in [6, 6.07) is 7.62. The zero-order chi connectivity index (χ0) is 12.6. The van der Waals surface area contributed by atoms with Gasteiger partial charge in [0.1, 0.15) is 0 Å². The molecule has 0 N–H and O–H groups in total. The lowest BCUT2D eigenvalue weighted by Crippen LogP contribution is -2.03. The van der Waals surface area contributed by atoms with Gasteiger partial charge < -0.3 is 0 Å². The normalized spacial score (nSPS) is 10.6. The van der Waals surface area contributed by atoms with Crippen LogP contribution in [-0.4, -0.2) is 5.78 Å². The van der Waals surface area contributed by atoms with Crippen LogP contribution in [0, 0.1) is 13.8 Å². The first-order chi connectivity index (χ1) is 7.99. The highest BCUT2D eigenvalue weighted by molar-refractivity contribution is 9.11. The number of carbonyl (C=O) groups excluding carboxylic acids is 1. The maximum Gasteiger partial charge on any atom is 0.194 e. The molecule has 0 saturated carbocycles.